The maximum atomic E-state index is 6.82. The molecule has 0 bridgehead atoms. The maximum absolute atomic E-state index is 6.82. The van der Waals surface area contributed by atoms with Gasteiger partial charge in [0.1, 0.15) is 61.7 Å². The van der Waals surface area contributed by atoms with Gasteiger partial charge in [0.2, 0.25) is 0 Å². The first-order valence-electron chi connectivity index (χ1n) is 44.8. The number of pyridine rings is 3. The zero-order valence-electron chi connectivity index (χ0n) is 73.6. The number of aryl methyl sites for hydroxylation is 1. The van der Waals surface area contributed by atoms with Crippen LogP contribution in [0.2, 0.25) is 0 Å². The molecule has 4 aliphatic carbocycles. The molecule has 16 heteroatoms. The highest BCUT2D eigenvalue weighted by Crippen LogP contribution is 2.58. The molecule has 16 nitrogen and oxygen atoms in total. The van der Waals surface area contributed by atoms with Crippen molar-refractivity contribution in [1.29, 1.82) is 0 Å². The fraction of sp³-hybridized carbons (Fsp3) is 0.136. The van der Waals surface area contributed by atoms with E-state index in [1.807, 2.05) is 127 Å². The number of benzene rings is 13. The summed E-state index contributed by atoms with van der Waals surface area (Å²) in [6.07, 6.45) is 7.44. The summed E-state index contributed by atoms with van der Waals surface area (Å²) in [5.41, 5.74) is 31.7. The summed E-state index contributed by atoms with van der Waals surface area (Å²) in [6.45, 7) is 18.5. The van der Waals surface area contributed by atoms with Crippen LogP contribution < -0.4 is 0 Å². The second kappa shape index (κ2) is 31.1. The van der Waals surface area contributed by atoms with Crippen LogP contribution in [-0.4, -0.2) is 59.8 Å². The molecule has 4 aliphatic rings. The molecule has 0 spiro atoms. The van der Waals surface area contributed by atoms with Gasteiger partial charge < -0.3 is 17.7 Å². The smallest absolute Gasteiger partial charge is 0.182 e. The van der Waals surface area contributed by atoms with Gasteiger partial charge in [0.25, 0.3) is 0 Å². The van der Waals surface area contributed by atoms with Gasteiger partial charge in [0.05, 0.1) is 22.3 Å². The number of rotatable bonds is 9. The first-order chi connectivity index (χ1) is 64.4. The summed E-state index contributed by atoms with van der Waals surface area (Å²) >= 11 is 0. The van der Waals surface area contributed by atoms with Crippen LogP contribution in [0, 0.1) is 0 Å². The maximum Gasteiger partial charge on any atom is 0.182 e. The number of para-hydroxylation sites is 5. The molecule has 0 saturated heterocycles. The standard InChI is InChI=1S/C47H35N3O2.C35H24N4O.C34H23N5O.2CH4/c1-46(2)24-23-26-19-20-27(25-36(26)46)43-48-44(32-15-9-13-29-28-11-6-8-18-37(28)51-41(29)32)50-45(49-43)33-16-10-14-31-40-38(52-42(31)33)22-21-35-39(40)30-12-5-7-17-34(30)47(35,3)4;1-35(2)25-16-7-6-13-22(25)29-26(35)18-19-28-30(29)23-14-10-15-24(31(23)40-28)33-37-32(21-11-4-3-5-12-21)38-34(39-33)27-17-8-9-20-36-27;1-34(2)23-13-4-3-10-20(23)28-24(34)16-17-27-29(28)21-11-9-12-22(30(21)40-27)31-37-32(25-14-5-7-18-35-25)39-33(38-31)26-15-6-8-19-36-26;;/h5-22,25H,23-24H2,1-4H3;3-20H,1-2H3;3-19H,1-2H3;2*1H4. The minimum absolute atomic E-state index is 0. The molecule has 134 heavy (non-hydrogen) atoms. The number of hydrogen-bond donors (Lipinski definition) is 0. The molecular formula is C118H90N12O4. The van der Waals surface area contributed by atoms with Crippen molar-refractivity contribution in [3.05, 3.63) is 372 Å². The summed E-state index contributed by atoms with van der Waals surface area (Å²) < 4.78 is 26.5. The van der Waals surface area contributed by atoms with Crippen LogP contribution in [0.25, 0.3) is 224 Å². The molecule has 0 amide bonds. The highest BCUT2D eigenvalue weighted by molar-refractivity contribution is 6.20. The van der Waals surface area contributed by atoms with Gasteiger partial charge in [0, 0.05) is 89.1 Å². The van der Waals surface area contributed by atoms with Gasteiger partial charge in [-0.2, -0.15) is 0 Å². The first-order valence-corrected chi connectivity index (χ1v) is 44.8. The zero-order chi connectivity index (χ0) is 88.6. The molecule has 23 aromatic rings. The summed E-state index contributed by atoms with van der Waals surface area (Å²) in [5.74, 6) is 4.90. The van der Waals surface area contributed by atoms with Crippen LogP contribution in [-0.2, 0) is 28.1 Å². The minimum Gasteiger partial charge on any atom is -0.455 e. The molecule has 0 radical (unpaired) electrons. The van der Waals surface area contributed by atoms with E-state index in [2.05, 4.69) is 252 Å². The van der Waals surface area contributed by atoms with E-state index in [0.29, 0.717) is 69.5 Å². The predicted molar refractivity (Wildman–Crippen MR) is 538 cm³/mol. The van der Waals surface area contributed by atoms with E-state index in [1.54, 1.807) is 18.6 Å². The van der Waals surface area contributed by atoms with Crippen molar-refractivity contribution >= 4 is 87.8 Å². The second-order valence-electron chi connectivity index (χ2n) is 36.9. The molecule has 10 heterocycles. The average molecular weight is 1740 g/mol. The molecule has 0 fully saturated rings. The highest BCUT2D eigenvalue weighted by atomic mass is 16.3. The second-order valence-corrected chi connectivity index (χ2v) is 36.9. The summed E-state index contributed by atoms with van der Waals surface area (Å²) in [6, 6.07) is 106. The van der Waals surface area contributed by atoms with Crippen LogP contribution >= 0.6 is 0 Å². The van der Waals surface area contributed by atoms with E-state index in [9.17, 15) is 0 Å². The van der Waals surface area contributed by atoms with E-state index in [1.165, 1.54) is 77.9 Å². The molecule has 0 N–H and O–H groups in total. The van der Waals surface area contributed by atoms with E-state index in [0.717, 1.165) is 134 Å². The SMILES string of the molecule is C.C.CC1(C)CCc2ccc(-c3nc(-c4cccc5c4oc4ccccc45)nc(-c4cccc5c4oc4ccc6c(c45)-c4ccccc4C6(C)C)n3)cc21.CC1(C)c2ccccc2-c2c1ccc1oc3c(-c4nc(-c5ccccc5)nc(-c5ccccn5)n4)cccc3c21.CC1(C)c2ccccc2-c2c1ccc1oc3c(-c4nc(-c5ccccn5)nc(-c5ccccn5)n4)cccc3c21. The Balaban J connectivity index is 0.000000114. The Morgan fingerprint density at radius 2 is 0.552 bits per heavy atom. The van der Waals surface area contributed by atoms with E-state index < -0.39 is 0 Å². The Labute approximate surface area is 773 Å². The Morgan fingerprint density at radius 3 is 0.970 bits per heavy atom. The lowest BCUT2D eigenvalue weighted by molar-refractivity contribution is 0.522. The third-order valence-corrected chi connectivity index (χ3v) is 27.7. The number of fused-ring (bicyclic) bond motifs is 25. The fourth-order valence-corrected chi connectivity index (χ4v) is 21.1. The molecule has 0 aliphatic heterocycles. The Kier molecular flexibility index (Phi) is 19.0. The van der Waals surface area contributed by atoms with Gasteiger partial charge in [-0.05, 0) is 187 Å². The van der Waals surface area contributed by atoms with Crippen LogP contribution in [0.1, 0.15) is 121 Å². The van der Waals surface area contributed by atoms with Crippen LogP contribution in [0.3, 0.4) is 0 Å². The summed E-state index contributed by atoms with van der Waals surface area (Å²) in [7, 11) is 0. The Hall–Kier alpha value is -16.5. The highest BCUT2D eigenvalue weighted by Gasteiger charge is 2.42. The molecule has 0 saturated carbocycles. The van der Waals surface area contributed by atoms with E-state index >= 15 is 0 Å². The number of hydrogen-bond acceptors (Lipinski definition) is 16. The van der Waals surface area contributed by atoms with Gasteiger partial charge in [-0.25, -0.2) is 44.9 Å². The molecule has 27 rings (SSSR count). The van der Waals surface area contributed by atoms with Crippen LogP contribution in [0.15, 0.2) is 346 Å². The topological polar surface area (TPSA) is 207 Å². The lowest BCUT2D eigenvalue weighted by atomic mass is 9.82. The van der Waals surface area contributed by atoms with E-state index in [4.69, 9.17) is 62.5 Å². The number of aromatic nitrogens is 12. The minimum atomic E-state index is -0.110. The normalized spacial score (nSPS) is 14.0. The molecule has 10 aromatic heterocycles. The monoisotopic (exact) mass is 1740 g/mol. The average Bonchev–Trinajstić information content (AvgIpc) is 1.55. The van der Waals surface area contributed by atoms with Crippen molar-refractivity contribution in [2.24, 2.45) is 0 Å². The van der Waals surface area contributed by atoms with Crippen molar-refractivity contribution in [2.45, 2.75) is 105 Å². The molecule has 0 atom stereocenters. The van der Waals surface area contributed by atoms with Crippen LogP contribution in [0.4, 0.5) is 0 Å². The third kappa shape index (κ3) is 12.8. The first kappa shape index (κ1) is 82.0. The molecule has 646 valence electrons. The quantitative estimate of drug-likeness (QED) is 0.132. The Bertz CT molecular complexity index is 8310. The Morgan fingerprint density at radius 1 is 0.231 bits per heavy atom. The largest absolute Gasteiger partial charge is 0.455 e. The number of furan rings is 4. The van der Waals surface area contributed by atoms with Crippen molar-refractivity contribution in [2.75, 3.05) is 0 Å². The van der Waals surface area contributed by atoms with Crippen molar-refractivity contribution in [1.82, 2.24) is 59.8 Å². The van der Waals surface area contributed by atoms with Gasteiger partial charge in [-0.1, -0.05) is 289 Å². The van der Waals surface area contributed by atoms with Crippen LogP contribution in [0.5, 0.6) is 0 Å². The fourth-order valence-electron chi connectivity index (χ4n) is 21.1. The lowest BCUT2D eigenvalue weighted by Gasteiger charge is -2.21. The van der Waals surface area contributed by atoms with Gasteiger partial charge in [-0.15, -0.1) is 0 Å². The zero-order valence-corrected chi connectivity index (χ0v) is 73.6. The molecule has 13 aromatic carbocycles. The van der Waals surface area contributed by atoms with Gasteiger partial charge in [-0.3, -0.25) is 15.0 Å². The summed E-state index contributed by atoms with van der Waals surface area (Å²) in [5, 5.41) is 8.64. The predicted octanol–water partition coefficient (Wildman–Crippen LogP) is 29.8. The van der Waals surface area contributed by atoms with Crippen molar-refractivity contribution < 1.29 is 17.7 Å². The van der Waals surface area contributed by atoms with Gasteiger partial charge in [0.15, 0.2) is 52.4 Å². The van der Waals surface area contributed by atoms with E-state index in [-0.39, 0.29) is 36.5 Å². The van der Waals surface area contributed by atoms with Gasteiger partial charge >= 0.3 is 0 Å². The molecular weight excluding hydrogens is 1650 g/mol. The van der Waals surface area contributed by atoms with Crippen molar-refractivity contribution in [3.8, 4) is 136 Å². The van der Waals surface area contributed by atoms with Crippen molar-refractivity contribution in [3.63, 3.8) is 0 Å². The summed E-state index contributed by atoms with van der Waals surface area (Å²) in [4.78, 5) is 58.3. The number of nitrogens with zero attached hydrogens (tertiary/aromatic N) is 12. The molecule has 0 unspecified atom stereocenters. The lowest BCUT2D eigenvalue weighted by Crippen LogP contribution is -2.14. The third-order valence-electron chi connectivity index (χ3n) is 27.7.